The fourth-order valence-corrected chi connectivity index (χ4v) is 4.63. The van der Waals surface area contributed by atoms with Crippen LogP contribution in [0.15, 0.2) is 53.4 Å². The monoisotopic (exact) mass is 402 g/mol. The minimum atomic E-state index is -3.54. The molecule has 1 aliphatic heterocycles. The minimum absolute atomic E-state index is 0.0492. The number of nitrogens with zero attached hydrogens (tertiary/aromatic N) is 1. The number of aryl methyl sites for hydroxylation is 1. The van der Waals surface area contributed by atoms with E-state index in [0.29, 0.717) is 32.4 Å². The van der Waals surface area contributed by atoms with Crippen LogP contribution in [0.4, 0.5) is 0 Å². The third-order valence-electron chi connectivity index (χ3n) is 4.99. The molecule has 0 spiro atoms. The van der Waals surface area contributed by atoms with Crippen LogP contribution in [0.5, 0.6) is 5.75 Å². The molecular weight excluding hydrogens is 376 g/mol. The molecule has 0 radical (unpaired) electrons. The summed E-state index contributed by atoms with van der Waals surface area (Å²) in [6, 6.07) is 14.1. The van der Waals surface area contributed by atoms with Gasteiger partial charge in [-0.25, -0.2) is 13.1 Å². The number of carbonyl (C=O) groups excluding carboxylic acids is 1. The van der Waals surface area contributed by atoms with E-state index in [2.05, 4.69) is 4.72 Å². The van der Waals surface area contributed by atoms with Gasteiger partial charge in [0.05, 0.1) is 18.4 Å². The van der Waals surface area contributed by atoms with Gasteiger partial charge in [0.1, 0.15) is 5.75 Å². The molecule has 3 rings (SSSR count). The highest BCUT2D eigenvalue weighted by molar-refractivity contribution is 7.89. The molecule has 28 heavy (non-hydrogen) atoms. The molecule has 7 heteroatoms. The van der Waals surface area contributed by atoms with Crippen LogP contribution >= 0.6 is 0 Å². The maximum atomic E-state index is 12.6. The van der Waals surface area contributed by atoms with E-state index in [0.717, 1.165) is 16.9 Å². The second kappa shape index (κ2) is 8.75. The minimum Gasteiger partial charge on any atom is -0.497 e. The molecule has 0 unspecified atom stereocenters. The van der Waals surface area contributed by atoms with Crippen LogP contribution in [0.1, 0.15) is 24.0 Å². The van der Waals surface area contributed by atoms with Crippen molar-refractivity contribution < 1.29 is 17.9 Å². The van der Waals surface area contributed by atoms with Crippen LogP contribution in [-0.4, -0.2) is 45.5 Å². The number of piperidine rings is 1. The molecule has 6 nitrogen and oxygen atoms in total. The summed E-state index contributed by atoms with van der Waals surface area (Å²) in [7, 11) is -1.94. The number of nitrogens with one attached hydrogen (secondary N) is 1. The highest BCUT2D eigenvalue weighted by atomic mass is 32.2. The summed E-state index contributed by atoms with van der Waals surface area (Å²) in [6.45, 7) is 3.01. The summed E-state index contributed by atoms with van der Waals surface area (Å²) in [5, 5.41) is 0. The summed E-state index contributed by atoms with van der Waals surface area (Å²) < 4.78 is 33.0. The molecule has 0 saturated carbocycles. The number of rotatable bonds is 6. The van der Waals surface area contributed by atoms with Crippen molar-refractivity contribution in [3.8, 4) is 5.75 Å². The molecule has 150 valence electrons. The summed E-state index contributed by atoms with van der Waals surface area (Å²) in [4.78, 5) is 14.6. The molecule has 1 N–H and O–H groups in total. The van der Waals surface area contributed by atoms with Gasteiger partial charge in [0.15, 0.2) is 0 Å². The normalized spacial score (nSPS) is 15.4. The van der Waals surface area contributed by atoms with Crippen molar-refractivity contribution in [3.05, 3.63) is 59.7 Å². The molecule has 1 amide bonds. The van der Waals surface area contributed by atoms with Crippen molar-refractivity contribution in [2.24, 2.45) is 0 Å². The molecule has 0 atom stereocenters. The average Bonchev–Trinajstić information content (AvgIpc) is 2.68. The van der Waals surface area contributed by atoms with Gasteiger partial charge < -0.3 is 9.64 Å². The van der Waals surface area contributed by atoms with Crippen LogP contribution in [-0.2, 0) is 21.2 Å². The molecule has 0 aliphatic carbocycles. The highest BCUT2D eigenvalue weighted by Gasteiger charge is 2.26. The number of benzene rings is 2. The Morgan fingerprint density at radius 1 is 1.14 bits per heavy atom. The standard InChI is InChI=1S/C21H26N2O4S/c1-16-6-8-20(9-7-16)28(25,26)22-18-10-12-23(13-11-18)21(24)15-17-4-3-5-19(14-17)27-2/h3-9,14,18,22H,10-13,15H2,1-2H3. The van der Waals surface area contributed by atoms with Gasteiger partial charge in [-0.1, -0.05) is 29.8 Å². The predicted octanol–water partition coefficient (Wildman–Crippen LogP) is 2.52. The summed E-state index contributed by atoms with van der Waals surface area (Å²) in [5.74, 6) is 0.780. The van der Waals surface area contributed by atoms with Gasteiger partial charge in [-0.15, -0.1) is 0 Å². The van der Waals surface area contributed by atoms with E-state index in [-0.39, 0.29) is 16.8 Å². The van der Waals surface area contributed by atoms with E-state index in [1.54, 1.807) is 36.3 Å². The van der Waals surface area contributed by atoms with E-state index >= 15 is 0 Å². The third kappa shape index (κ3) is 5.11. The van der Waals surface area contributed by atoms with Gasteiger partial charge in [-0.2, -0.15) is 0 Å². The quantitative estimate of drug-likeness (QED) is 0.806. The van der Waals surface area contributed by atoms with Gasteiger partial charge in [0.25, 0.3) is 0 Å². The Balaban J connectivity index is 1.53. The lowest BCUT2D eigenvalue weighted by molar-refractivity contribution is -0.131. The molecule has 1 heterocycles. The molecular formula is C21H26N2O4S. The lowest BCUT2D eigenvalue weighted by Gasteiger charge is -2.32. The van der Waals surface area contributed by atoms with Crippen molar-refractivity contribution in [2.75, 3.05) is 20.2 Å². The number of ether oxygens (including phenoxy) is 1. The summed E-state index contributed by atoms with van der Waals surface area (Å²) in [5.41, 5.74) is 1.92. The van der Waals surface area contributed by atoms with Gasteiger partial charge >= 0.3 is 0 Å². The van der Waals surface area contributed by atoms with E-state index in [1.807, 2.05) is 31.2 Å². The van der Waals surface area contributed by atoms with Crippen molar-refractivity contribution in [2.45, 2.75) is 37.1 Å². The fourth-order valence-electron chi connectivity index (χ4n) is 3.32. The Bertz CT molecular complexity index is 918. The van der Waals surface area contributed by atoms with Crippen LogP contribution in [0, 0.1) is 6.92 Å². The Morgan fingerprint density at radius 3 is 2.46 bits per heavy atom. The van der Waals surface area contributed by atoms with Gasteiger partial charge in [0, 0.05) is 19.1 Å². The van der Waals surface area contributed by atoms with Crippen molar-refractivity contribution in [3.63, 3.8) is 0 Å². The largest absolute Gasteiger partial charge is 0.497 e. The van der Waals surface area contributed by atoms with Crippen LogP contribution < -0.4 is 9.46 Å². The Hall–Kier alpha value is -2.38. The highest BCUT2D eigenvalue weighted by Crippen LogP contribution is 2.18. The average molecular weight is 403 g/mol. The summed E-state index contributed by atoms with van der Waals surface area (Å²) in [6.07, 6.45) is 1.53. The second-order valence-electron chi connectivity index (χ2n) is 7.12. The zero-order chi connectivity index (χ0) is 20.1. The fraction of sp³-hybridized carbons (Fsp3) is 0.381. The number of carbonyl (C=O) groups is 1. The maximum Gasteiger partial charge on any atom is 0.240 e. The predicted molar refractivity (Wildman–Crippen MR) is 108 cm³/mol. The zero-order valence-corrected chi connectivity index (χ0v) is 17.0. The van der Waals surface area contributed by atoms with E-state index in [9.17, 15) is 13.2 Å². The van der Waals surface area contributed by atoms with Crippen molar-refractivity contribution in [1.82, 2.24) is 9.62 Å². The molecule has 1 aliphatic rings. The Labute approximate surface area is 166 Å². The molecule has 0 aromatic heterocycles. The molecule has 2 aromatic rings. The smallest absolute Gasteiger partial charge is 0.240 e. The third-order valence-corrected chi connectivity index (χ3v) is 6.53. The first-order valence-electron chi connectivity index (χ1n) is 9.37. The topological polar surface area (TPSA) is 75.7 Å². The molecule has 1 saturated heterocycles. The number of hydrogen-bond acceptors (Lipinski definition) is 4. The van der Waals surface area contributed by atoms with E-state index in [4.69, 9.17) is 4.74 Å². The van der Waals surface area contributed by atoms with Crippen molar-refractivity contribution in [1.29, 1.82) is 0 Å². The second-order valence-corrected chi connectivity index (χ2v) is 8.83. The lowest BCUT2D eigenvalue weighted by atomic mass is 10.0. The number of hydrogen-bond donors (Lipinski definition) is 1. The summed E-state index contributed by atoms with van der Waals surface area (Å²) >= 11 is 0. The number of amides is 1. The SMILES string of the molecule is COc1cccc(CC(=O)N2CCC(NS(=O)(=O)c3ccc(C)cc3)CC2)c1. The van der Waals surface area contributed by atoms with Crippen LogP contribution in [0.3, 0.4) is 0 Å². The Morgan fingerprint density at radius 2 is 1.82 bits per heavy atom. The molecule has 2 aromatic carbocycles. The van der Waals surface area contributed by atoms with E-state index in [1.165, 1.54) is 0 Å². The van der Waals surface area contributed by atoms with Gasteiger partial charge in [-0.05, 0) is 49.6 Å². The number of sulfonamides is 1. The van der Waals surface area contributed by atoms with Gasteiger partial charge in [-0.3, -0.25) is 4.79 Å². The first kappa shape index (κ1) is 20.4. The first-order valence-corrected chi connectivity index (χ1v) is 10.9. The van der Waals surface area contributed by atoms with Crippen LogP contribution in [0.25, 0.3) is 0 Å². The lowest BCUT2D eigenvalue weighted by Crippen LogP contribution is -2.46. The molecule has 1 fully saturated rings. The maximum absolute atomic E-state index is 12.6. The van der Waals surface area contributed by atoms with Gasteiger partial charge in [0.2, 0.25) is 15.9 Å². The number of likely N-dealkylation sites (tertiary alicyclic amines) is 1. The van der Waals surface area contributed by atoms with E-state index < -0.39 is 10.0 Å². The Kier molecular flexibility index (Phi) is 6.36. The zero-order valence-electron chi connectivity index (χ0n) is 16.2. The molecule has 0 bridgehead atoms. The van der Waals surface area contributed by atoms with Crippen molar-refractivity contribution >= 4 is 15.9 Å². The number of methoxy groups -OCH3 is 1. The first-order chi connectivity index (χ1) is 13.4. The van der Waals surface area contributed by atoms with Crippen LogP contribution in [0.2, 0.25) is 0 Å².